The van der Waals surface area contributed by atoms with Crippen LogP contribution in [0.3, 0.4) is 0 Å². The second-order valence-corrected chi connectivity index (χ2v) is 3.94. The van der Waals surface area contributed by atoms with Crippen LogP contribution in [0.25, 0.3) is 0 Å². The van der Waals surface area contributed by atoms with Crippen LogP contribution in [0.4, 0.5) is 4.39 Å². The largest absolute Gasteiger partial charge is 0.504 e. The molecule has 0 saturated carbocycles. The van der Waals surface area contributed by atoms with Gasteiger partial charge >= 0.3 is 0 Å². The molecule has 2 nitrogen and oxygen atoms in total. The third-order valence-electron chi connectivity index (χ3n) is 2.34. The van der Waals surface area contributed by atoms with Gasteiger partial charge in [0.05, 0.1) is 6.61 Å². The van der Waals surface area contributed by atoms with Gasteiger partial charge in [-0.2, -0.15) is 0 Å². The molecule has 0 amide bonds. The summed E-state index contributed by atoms with van der Waals surface area (Å²) in [6.07, 6.45) is 0. The van der Waals surface area contributed by atoms with Gasteiger partial charge in [-0.25, -0.2) is 4.39 Å². The molecule has 1 aromatic rings. The topological polar surface area (TPSA) is 29.5 Å². The first kappa shape index (κ1) is 8.35. The van der Waals surface area contributed by atoms with Crippen LogP contribution in [0.15, 0.2) is 12.1 Å². The molecule has 2 rings (SSSR count). The smallest absolute Gasteiger partial charge is 0.167 e. The highest BCUT2D eigenvalue weighted by atomic mass is 19.1. The molecule has 0 radical (unpaired) electrons. The Morgan fingerprint density at radius 1 is 1.46 bits per heavy atom. The average molecular weight is 182 g/mol. The summed E-state index contributed by atoms with van der Waals surface area (Å²) in [5.74, 6) is 0.00211. The van der Waals surface area contributed by atoms with Crippen LogP contribution in [0.1, 0.15) is 19.4 Å². The van der Waals surface area contributed by atoms with Gasteiger partial charge in [-0.05, 0) is 12.1 Å². The highest BCUT2D eigenvalue weighted by Crippen LogP contribution is 2.44. The number of halogens is 1. The average Bonchev–Trinajstić information content (AvgIpc) is 2.36. The van der Waals surface area contributed by atoms with Gasteiger partial charge in [-0.15, -0.1) is 0 Å². The summed E-state index contributed by atoms with van der Waals surface area (Å²) in [5, 5.41) is 9.40. The summed E-state index contributed by atoms with van der Waals surface area (Å²) < 4.78 is 18.6. The highest BCUT2D eigenvalue weighted by Gasteiger charge is 2.36. The molecule has 13 heavy (non-hydrogen) atoms. The lowest BCUT2D eigenvalue weighted by atomic mass is 9.86. The van der Waals surface area contributed by atoms with Gasteiger partial charge in [0.25, 0.3) is 0 Å². The number of phenolic OH excluding ortho intramolecular Hbond substituents is 1. The molecule has 0 bridgehead atoms. The molecule has 1 N–H and O–H groups in total. The van der Waals surface area contributed by atoms with Gasteiger partial charge in [0.1, 0.15) is 5.82 Å². The van der Waals surface area contributed by atoms with E-state index in [1.807, 2.05) is 13.8 Å². The lowest BCUT2D eigenvalue weighted by Gasteiger charge is -2.15. The fourth-order valence-corrected chi connectivity index (χ4v) is 1.65. The minimum Gasteiger partial charge on any atom is -0.504 e. The first-order chi connectivity index (χ1) is 6.02. The zero-order chi connectivity index (χ0) is 9.64. The number of benzene rings is 1. The van der Waals surface area contributed by atoms with E-state index in [4.69, 9.17) is 4.74 Å². The molecule has 0 atom stereocenters. The minimum absolute atomic E-state index is 0.0157. The SMILES string of the molecule is CC1(C)COc2c(O)ccc(F)c21. The lowest BCUT2D eigenvalue weighted by molar-refractivity contribution is 0.281. The maximum absolute atomic E-state index is 13.4. The van der Waals surface area contributed by atoms with Crippen LogP contribution >= 0.6 is 0 Å². The van der Waals surface area contributed by atoms with E-state index in [-0.39, 0.29) is 17.0 Å². The molecule has 0 aromatic heterocycles. The predicted molar refractivity (Wildman–Crippen MR) is 46.6 cm³/mol. The van der Waals surface area contributed by atoms with Gasteiger partial charge in [-0.1, -0.05) is 13.8 Å². The van der Waals surface area contributed by atoms with Gasteiger partial charge in [-0.3, -0.25) is 0 Å². The van der Waals surface area contributed by atoms with Crippen molar-refractivity contribution in [2.75, 3.05) is 6.61 Å². The van der Waals surface area contributed by atoms with Crippen LogP contribution < -0.4 is 4.74 Å². The van der Waals surface area contributed by atoms with E-state index in [9.17, 15) is 9.50 Å². The number of ether oxygens (including phenoxy) is 1. The van der Waals surface area contributed by atoms with Gasteiger partial charge < -0.3 is 9.84 Å². The number of fused-ring (bicyclic) bond motifs is 1. The van der Waals surface area contributed by atoms with Gasteiger partial charge in [0.2, 0.25) is 0 Å². The molecule has 1 aromatic carbocycles. The molecule has 0 saturated heterocycles. The van der Waals surface area contributed by atoms with Crippen molar-refractivity contribution in [3.63, 3.8) is 0 Å². The van der Waals surface area contributed by atoms with Gasteiger partial charge in [0.15, 0.2) is 11.5 Å². The maximum Gasteiger partial charge on any atom is 0.167 e. The zero-order valence-corrected chi connectivity index (χ0v) is 7.60. The molecule has 3 heteroatoms. The van der Waals surface area contributed by atoms with E-state index in [2.05, 4.69) is 0 Å². The van der Waals surface area contributed by atoms with E-state index in [1.54, 1.807) is 0 Å². The van der Waals surface area contributed by atoms with Crippen LogP contribution in [0, 0.1) is 5.82 Å². The molecular weight excluding hydrogens is 171 g/mol. The van der Waals surface area contributed by atoms with E-state index in [1.165, 1.54) is 12.1 Å². The van der Waals surface area contributed by atoms with E-state index in [0.29, 0.717) is 17.9 Å². The Bertz CT molecular complexity index is 358. The van der Waals surface area contributed by atoms with Crippen molar-refractivity contribution in [2.24, 2.45) is 0 Å². The Labute approximate surface area is 76.0 Å². The summed E-state index contributed by atoms with van der Waals surface area (Å²) in [6, 6.07) is 2.58. The standard InChI is InChI=1S/C10H11FO2/c1-10(2)5-13-9-7(12)4-3-6(11)8(9)10/h3-4,12H,5H2,1-2H3. The van der Waals surface area contributed by atoms with Crippen LogP contribution in [-0.2, 0) is 5.41 Å². The summed E-state index contributed by atoms with van der Waals surface area (Å²) >= 11 is 0. The number of hydrogen-bond acceptors (Lipinski definition) is 2. The summed E-state index contributed by atoms with van der Waals surface area (Å²) in [6.45, 7) is 4.19. The second-order valence-electron chi connectivity index (χ2n) is 3.94. The summed E-state index contributed by atoms with van der Waals surface area (Å²) in [5.41, 5.74) is 0.130. The Balaban J connectivity index is 2.70. The Hall–Kier alpha value is -1.25. The van der Waals surface area contributed by atoms with Crippen molar-refractivity contribution < 1.29 is 14.2 Å². The van der Waals surface area contributed by atoms with Crippen LogP contribution in [0.5, 0.6) is 11.5 Å². The van der Waals surface area contributed by atoms with Crippen molar-refractivity contribution >= 4 is 0 Å². The first-order valence-electron chi connectivity index (χ1n) is 4.17. The molecule has 1 aliphatic heterocycles. The Morgan fingerprint density at radius 2 is 2.15 bits per heavy atom. The number of rotatable bonds is 0. The fourth-order valence-electron chi connectivity index (χ4n) is 1.65. The van der Waals surface area contributed by atoms with E-state index < -0.39 is 0 Å². The Morgan fingerprint density at radius 3 is 2.77 bits per heavy atom. The second kappa shape index (κ2) is 2.37. The van der Waals surface area contributed by atoms with Crippen molar-refractivity contribution in [3.05, 3.63) is 23.5 Å². The number of hydrogen-bond donors (Lipinski definition) is 1. The third-order valence-corrected chi connectivity index (χ3v) is 2.34. The van der Waals surface area contributed by atoms with Crippen molar-refractivity contribution in [3.8, 4) is 11.5 Å². The normalized spacial score (nSPS) is 18.1. The molecule has 1 heterocycles. The van der Waals surface area contributed by atoms with Crippen LogP contribution in [0.2, 0.25) is 0 Å². The van der Waals surface area contributed by atoms with E-state index >= 15 is 0 Å². The number of aromatic hydroxyl groups is 1. The molecule has 0 fully saturated rings. The lowest BCUT2D eigenvalue weighted by Crippen LogP contribution is -2.19. The van der Waals surface area contributed by atoms with Crippen molar-refractivity contribution in [1.29, 1.82) is 0 Å². The summed E-state index contributed by atoms with van der Waals surface area (Å²) in [4.78, 5) is 0. The molecule has 0 unspecified atom stereocenters. The predicted octanol–water partition coefficient (Wildman–Crippen LogP) is 2.20. The molecular formula is C10H11FO2. The molecule has 70 valence electrons. The van der Waals surface area contributed by atoms with Crippen LogP contribution in [-0.4, -0.2) is 11.7 Å². The van der Waals surface area contributed by atoms with Crippen molar-refractivity contribution in [2.45, 2.75) is 19.3 Å². The molecule has 0 aliphatic carbocycles. The third kappa shape index (κ3) is 1.07. The zero-order valence-electron chi connectivity index (χ0n) is 7.60. The van der Waals surface area contributed by atoms with Crippen molar-refractivity contribution in [1.82, 2.24) is 0 Å². The maximum atomic E-state index is 13.4. The number of phenols is 1. The Kier molecular flexibility index (Phi) is 1.53. The minimum atomic E-state index is -0.349. The monoisotopic (exact) mass is 182 g/mol. The highest BCUT2D eigenvalue weighted by molar-refractivity contribution is 5.52. The molecule has 0 spiro atoms. The quantitative estimate of drug-likeness (QED) is 0.666. The van der Waals surface area contributed by atoms with E-state index in [0.717, 1.165) is 0 Å². The fraction of sp³-hybridized carbons (Fsp3) is 0.400. The first-order valence-corrected chi connectivity index (χ1v) is 4.17. The molecule has 1 aliphatic rings. The summed E-state index contributed by atoms with van der Waals surface area (Å²) in [7, 11) is 0. The van der Waals surface area contributed by atoms with Gasteiger partial charge in [0, 0.05) is 11.0 Å².